The molecule has 0 unspecified atom stereocenters. The summed E-state index contributed by atoms with van der Waals surface area (Å²) in [5.41, 5.74) is 3.43. The van der Waals surface area contributed by atoms with Gasteiger partial charge in [-0.15, -0.1) is 0 Å². The van der Waals surface area contributed by atoms with Crippen molar-refractivity contribution in [2.75, 3.05) is 31.8 Å². The number of nitrogens with zero attached hydrogens (tertiary/aromatic N) is 3. The molecule has 4 aromatic rings. The Kier molecular flexibility index (Phi) is 5.60. The minimum atomic E-state index is -1.03. The minimum absolute atomic E-state index is 0.199. The molecule has 0 saturated carbocycles. The maximum atomic E-state index is 13.8. The summed E-state index contributed by atoms with van der Waals surface area (Å²) >= 11 is 0. The second-order valence-electron chi connectivity index (χ2n) is 8.07. The molecule has 5 rings (SSSR count). The number of H-pyrrole nitrogens is 1. The van der Waals surface area contributed by atoms with Crippen LogP contribution in [0.3, 0.4) is 0 Å². The van der Waals surface area contributed by atoms with Crippen molar-refractivity contribution in [2.24, 2.45) is 5.92 Å². The fraction of sp³-hybridized carbons (Fsp3) is 0.320. The number of aromatic amines is 1. The molecule has 0 aliphatic carbocycles. The van der Waals surface area contributed by atoms with Gasteiger partial charge in [-0.3, -0.25) is 14.5 Å². The largest absolute Gasteiger partial charge is 0.465 e. The van der Waals surface area contributed by atoms with Gasteiger partial charge in [-0.05, 0) is 31.5 Å². The molecule has 3 heterocycles. The summed E-state index contributed by atoms with van der Waals surface area (Å²) in [6.45, 7) is 2.84. The molecule has 2 atom stereocenters. The number of imidazole rings is 1. The molecule has 0 radical (unpaired) electrons. The van der Waals surface area contributed by atoms with E-state index >= 15 is 0 Å². The van der Waals surface area contributed by atoms with Crippen molar-refractivity contribution in [3.05, 3.63) is 60.3 Å². The van der Waals surface area contributed by atoms with Gasteiger partial charge in [0, 0.05) is 42.9 Å². The van der Waals surface area contributed by atoms with E-state index in [2.05, 4.69) is 4.98 Å². The van der Waals surface area contributed by atoms with E-state index in [1.807, 2.05) is 59.3 Å². The summed E-state index contributed by atoms with van der Waals surface area (Å²) in [6.07, 6.45) is 2.51. The molecule has 1 N–H and O–H groups in total. The van der Waals surface area contributed by atoms with Crippen LogP contribution in [0.2, 0.25) is 0 Å². The van der Waals surface area contributed by atoms with Crippen molar-refractivity contribution < 1.29 is 19.1 Å². The van der Waals surface area contributed by atoms with Crippen LogP contribution >= 0.6 is 0 Å². The average molecular weight is 447 g/mol. The topological polar surface area (TPSA) is 89.4 Å². The number of nitrogens with one attached hydrogen (secondary N) is 1. The molecule has 0 spiro atoms. The number of anilines is 1. The number of hydrogen-bond donors (Lipinski definition) is 1. The minimum Gasteiger partial charge on any atom is -0.465 e. The number of aromatic nitrogens is 3. The lowest BCUT2D eigenvalue weighted by atomic mass is 9.89. The lowest BCUT2D eigenvalue weighted by Crippen LogP contribution is -2.50. The van der Waals surface area contributed by atoms with E-state index in [1.165, 1.54) is 0 Å². The van der Waals surface area contributed by atoms with Crippen LogP contribution in [0.4, 0.5) is 5.95 Å². The number of carbonyl (C=O) groups is 2. The van der Waals surface area contributed by atoms with Gasteiger partial charge in [0.2, 0.25) is 11.9 Å². The fourth-order valence-corrected chi connectivity index (χ4v) is 4.74. The highest BCUT2D eigenvalue weighted by Crippen LogP contribution is 2.43. The van der Waals surface area contributed by atoms with Gasteiger partial charge in [0.1, 0.15) is 0 Å². The standard InChI is InChI=1S/C25H26N4O4/c1-3-33-24(31)21-22(17-15-26-18-10-5-4-9-16(17)18)29-20-12-7-6-11-19(20)27-25(29)28(23(21)30)13-8-14-32-2/h4-7,9-12,15,21-22,26H,3,8,13-14H2,1-2H3/t21-,22+/m1/s1. The number of hydrogen-bond acceptors (Lipinski definition) is 5. The molecule has 33 heavy (non-hydrogen) atoms. The van der Waals surface area contributed by atoms with Crippen LogP contribution in [0.5, 0.6) is 0 Å². The van der Waals surface area contributed by atoms with E-state index in [1.54, 1.807) is 18.9 Å². The number of ether oxygens (including phenoxy) is 2. The van der Waals surface area contributed by atoms with Crippen LogP contribution in [-0.4, -0.2) is 53.3 Å². The molecular formula is C25H26N4O4. The van der Waals surface area contributed by atoms with Gasteiger partial charge in [0.25, 0.3) is 0 Å². The monoisotopic (exact) mass is 446 g/mol. The lowest BCUT2D eigenvalue weighted by molar-refractivity contribution is -0.153. The maximum Gasteiger partial charge on any atom is 0.321 e. The van der Waals surface area contributed by atoms with Gasteiger partial charge in [-0.1, -0.05) is 30.3 Å². The van der Waals surface area contributed by atoms with Crippen molar-refractivity contribution in [3.63, 3.8) is 0 Å². The number of methoxy groups -OCH3 is 1. The normalized spacial score (nSPS) is 18.1. The smallest absolute Gasteiger partial charge is 0.321 e. The highest BCUT2D eigenvalue weighted by Gasteiger charge is 2.48. The number of rotatable bonds is 7. The molecule has 0 fully saturated rings. The molecule has 2 aromatic heterocycles. The highest BCUT2D eigenvalue weighted by molar-refractivity contribution is 6.09. The number of carbonyl (C=O) groups excluding carboxylic acids is 2. The zero-order valence-corrected chi connectivity index (χ0v) is 18.7. The van der Waals surface area contributed by atoms with Gasteiger partial charge in [-0.25, -0.2) is 4.98 Å². The first-order chi connectivity index (χ1) is 16.2. The van der Waals surface area contributed by atoms with Gasteiger partial charge in [-0.2, -0.15) is 0 Å². The molecule has 8 nitrogen and oxygen atoms in total. The molecule has 1 aliphatic heterocycles. The second-order valence-corrected chi connectivity index (χ2v) is 8.07. The number of para-hydroxylation sites is 3. The maximum absolute atomic E-state index is 13.8. The molecule has 1 amide bonds. The Balaban J connectivity index is 1.76. The summed E-state index contributed by atoms with van der Waals surface area (Å²) in [4.78, 5) is 36.8. The summed E-state index contributed by atoms with van der Waals surface area (Å²) in [6, 6.07) is 15.0. The van der Waals surface area contributed by atoms with Crippen LogP contribution in [-0.2, 0) is 19.1 Å². The third-order valence-electron chi connectivity index (χ3n) is 6.16. The third kappa shape index (κ3) is 3.47. The first-order valence-electron chi connectivity index (χ1n) is 11.2. The summed E-state index contributed by atoms with van der Waals surface area (Å²) < 4.78 is 12.6. The van der Waals surface area contributed by atoms with E-state index in [0.717, 1.165) is 27.5 Å². The Hall–Kier alpha value is -3.65. The number of amides is 1. The van der Waals surface area contributed by atoms with Gasteiger partial charge >= 0.3 is 5.97 Å². The fourth-order valence-electron chi connectivity index (χ4n) is 4.74. The molecule has 170 valence electrons. The molecular weight excluding hydrogens is 420 g/mol. The molecule has 2 aromatic carbocycles. The second kappa shape index (κ2) is 8.71. The van der Waals surface area contributed by atoms with Crippen molar-refractivity contribution >= 4 is 39.8 Å². The lowest BCUT2D eigenvalue weighted by Gasteiger charge is -2.37. The Bertz CT molecular complexity index is 1320. The van der Waals surface area contributed by atoms with E-state index in [9.17, 15) is 9.59 Å². The summed E-state index contributed by atoms with van der Waals surface area (Å²) in [5, 5.41) is 0.959. The summed E-state index contributed by atoms with van der Waals surface area (Å²) in [5.74, 6) is -1.33. The van der Waals surface area contributed by atoms with Gasteiger partial charge in [0.05, 0.1) is 23.7 Å². The average Bonchev–Trinajstić information content (AvgIpc) is 3.42. The molecule has 1 aliphatic rings. The van der Waals surface area contributed by atoms with Crippen molar-refractivity contribution in [2.45, 2.75) is 19.4 Å². The number of benzene rings is 2. The zero-order valence-electron chi connectivity index (χ0n) is 18.7. The SMILES string of the molecule is CCOC(=O)[C@H]1C(=O)N(CCCOC)c2nc3ccccc3n2[C@H]1c1c[nH]c2ccccc12. The van der Waals surface area contributed by atoms with Gasteiger partial charge in [0.15, 0.2) is 5.92 Å². The number of fused-ring (bicyclic) bond motifs is 4. The quantitative estimate of drug-likeness (QED) is 0.266. The highest BCUT2D eigenvalue weighted by atomic mass is 16.5. The summed E-state index contributed by atoms with van der Waals surface area (Å²) in [7, 11) is 1.63. The van der Waals surface area contributed by atoms with E-state index in [4.69, 9.17) is 14.5 Å². The van der Waals surface area contributed by atoms with E-state index in [0.29, 0.717) is 25.5 Å². The predicted octanol–water partition coefficient (Wildman–Crippen LogP) is 3.67. The Morgan fingerprint density at radius 1 is 1.15 bits per heavy atom. The van der Waals surface area contributed by atoms with E-state index < -0.39 is 17.9 Å². The van der Waals surface area contributed by atoms with E-state index in [-0.39, 0.29) is 12.5 Å². The van der Waals surface area contributed by atoms with Crippen LogP contribution in [0, 0.1) is 5.92 Å². The predicted molar refractivity (Wildman–Crippen MR) is 125 cm³/mol. The Labute approximate surface area is 191 Å². The molecule has 0 bridgehead atoms. The first kappa shape index (κ1) is 21.2. The molecule has 8 heteroatoms. The van der Waals surface area contributed by atoms with Gasteiger partial charge < -0.3 is 19.0 Å². The van der Waals surface area contributed by atoms with Crippen LogP contribution < -0.4 is 4.90 Å². The number of esters is 1. The van der Waals surface area contributed by atoms with Crippen LogP contribution in [0.15, 0.2) is 54.7 Å². The Morgan fingerprint density at radius 3 is 2.76 bits per heavy atom. The molecule has 0 saturated heterocycles. The van der Waals surface area contributed by atoms with Crippen molar-refractivity contribution in [3.8, 4) is 0 Å². The zero-order chi connectivity index (χ0) is 22.9. The van der Waals surface area contributed by atoms with Crippen molar-refractivity contribution in [1.82, 2.24) is 14.5 Å². The van der Waals surface area contributed by atoms with Crippen LogP contribution in [0.1, 0.15) is 24.9 Å². The Morgan fingerprint density at radius 2 is 1.94 bits per heavy atom. The first-order valence-corrected chi connectivity index (χ1v) is 11.2. The van der Waals surface area contributed by atoms with Crippen molar-refractivity contribution in [1.29, 1.82) is 0 Å². The van der Waals surface area contributed by atoms with Crippen LogP contribution in [0.25, 0.3) is 21.9 Å². The third-order valence-corrected chi connectivity index (χ3v) is 6.16.